The highest BCUT2D eigenvalue weighted by atomic mass is 16.8. The standard InChI is InChI=1S/C13H11N3O3/c14-12(10-5-4-8-15-9-10)16-19-13(17)18-11-6-2-1-3-7-11/h1-9H,(H2,14,16). The molecule has 6 heteroatoms. The van der Waals surface area contributed by atoms with Crippen LogP contribution in [0.4, 0.5) is 4.79 Å². The number of benzene rings is 1. The average Bonchev–Trinajstić information content (AvgIpc) is 2.47. The summed E-state index contributed by atoms with van der Waals surface area (Å²) in [6.45, 7) is 0. The Morgan fingerprint density at radius 2 is 1.95 bits per heavy atom. The highest BCUT2D eigenvalue weighted by Crippen LogP contribution is 2.09. The van der Waals surface area contributed by atoms with E-state index in [1.54, 1.807) is 48.7 Å². The fourth-order valence-corrected chi connectivity index (χ4v) is 1.26. The molecule has 0 aliphatic heterocycles. The number of para-hydroxylation sites is 1. The molecule has 0 spiro atoms. The maximum absolute atomic E-state index is 11.3. The molecule has 96 valence electrons. The van der Waals surface area contributed by atoms with Crippen molar-refractivity contribution in [3.63, 3.8) is 0 Å². The summed E-state index contributed by atoms with van der Waals surface area (Å²) < 4.78 is 4.86. The zero-order valence-electron chi connectivity index (χ0n) is 9.89. The maximum atomic E-state index is 11.3. The monoisotopic (exact) mass is 257 g/mol. The molecular weight excluding hydrogens is 246 g/mol. The minimum absolute atomic E-state index is 0.0399. The Kier molecular flexibility index (Phi) is 4.07. The predicted octanol–water partition coefficient (Wildman–Crippen LogP) is 1.92. The average molecular weight is 257 g/mol. The van der Waals surface area contributed by atoms with Crippen molar-refractivity contribution in [2.75, 3.05) is 0 Å². The number of oxime groups is 1. The number of pyridine rings is 1. The van der Waals surface area contributed by atoms with Gasteiger partial charge in [0.1, 0.15) is 5.75 Å². The number of rotatable bonds is 3. The van der Waals surface area contributed by atoms with E-state index in [2.05, 4.69) is 15.0 Å². The summed E-state index contributed by atoms with van der Waals surface area (Å²) in [6, 6.07) is 11.9. The molecule has 2 rings (SSSR count). The van der Waals surface area contributed by atoms with Gasteiger partial charge in [-0.25, -0.2) is 4.79 Å². The first-order chi connectivity index (χ1) is 9.25. The normalized spacial score (nSPS) is 10.8. The van der Waals surface area contributed by atoms with Crippen LogP contribution < -0.4 is 10.5 Å². The highest BCUT2D eigenvalue weighted by molar-refractivity contribution is 5.96. The van der Waals surface area contributed by atoms with Gasteiger partial charge in [-0.2, -0.15) is 0 Å². The molecule has 0 aliphatic carbocycles. The van der Waals surface area contributed by atoms with E-state index in [1.807, 2.05) is 0 Å². The summed E-state index contributed by atoms with van der Waals surface area (Å²) in [5.41, 5.74) is 6.16. The molecular formula is C13H11N3O3. The lowest BCUT2D eigenvalue weighted by atomic mass is 10.3. The first-order valence-electron chi connectivity index (χ1n) is 5.43. The zero-order valence-corrected chi connectivity index (χ0v) is 9.89. The van der Waals surface area contributed by atoms with Crippen LogP contribution in [0.5, 0.6) is 5.75 Å². The number of amidine groups is 1. The summed E-state index contributed by atoms with van der Waals surface area (Å²) in [6.07, 6.45) is 2.14. The van der Waals surface area contributed by atoms with Crippen molar-refractivity contribution in [1.29, 1.82) is 0 Å². The molecule has 0 amide bonds. The number of nitrogens with two attached hydrogens (primary N) is 1. The highest BCUT2D eigenvalue weighted by Gasteiger charge is 2.06. The number of nitrogens with zero attached hydrogens (tertiary/aromatic N) is 2. The summed E-state index contributed by atoms with van der Waals surface area (Å²) in [5.74, 6) is 0.403. The van der Waals surface area contributed by atoms with E-state index >= 15 is 0 Å². The molecule has 0 radical (unpaired) electrons. The van der Waals surface area contributed by atoms with Gasteiger partial charge in [-0.1, -0.05) is 23.4 Å². The third-order valence-corrected chi connectivity index (χ3v) is 2.12. The number of carbonyl (C=O) groups is 1. The molecule has 2 aromatic rings. The van der Waals surface area contributed by atoms with Gasteiger partial charge in [-0.15, -0.1) is 0 Å². The molecule has 1 heterocycles. The van der Waals surface area contributed by atoms with Crippen LogP contribution in [0.2, 0.25) is 0 Å². The summed E-state index contributed by atoms with van der Waals surface area (Å²) in [5, 5.41) is 3.47. The van der Waals surface area contributed by atoms with Crippen LogP contribution in [0.3, 0.4) is 0 Å². The predicted molar refractivity (Wildman–Crippen MR) is 68.5 cm³/mol. The molecule has 0 atom stereocenters. The van der Waals surface area contributed by atoms with Crippen LogP contribution in [0.25, 0.3) is 0 Å². The molecule has 6 nitrogen and oxygen atoms in total. The molecule has 0 saturated heterocycles. The fourth-order valence-electron chi connectivity index (χ4n) is 1.26. The molecule has 1 aromatic heterocycles. The van der Waals surface area contributed by atoms with Crippen molar-refractivity contribution in [3.8, 4) is 5.75 Å². The zero-order chi connectivity index (χ0) is 13.5. The first-order valence-corrected chi connectivity index (χ1v) is 5.43. The second kappa shape index (κ2) is 6.15. The number of hydrogen-bond donors (Lipinski definition) is 1. The quantitative estimate of drug-likeness (QED) is 0.227. The fraction of sp³-hybridized carbons (Fsp3) is 0. The number of aromatic nitrogens is 1. The van der Waals surface area contributed by atoms with E-state index < -0.39 is 6.16 Å². The van der Waals surface area contributed by atoms with E-state index in [0.29, 0.717) is 11.3 Å². The molecule has 0 bridgehead atoms. The van der Waals surface area contributed by atoms with Crippen LogP contribution in [0.1, 0.15) is 5.56 Å². The summed E-state index contributed by atoms with van der Waals surface area (Å²) in [7, 11) is 0. The minimum atomic E-state index is -0.960. The number of ether oxygens (including phenoxy) is 1. The van der Waals surface area contributed by atoms with Crippen LogP contribution in [-0.2, 0) is 4.84 Å². The molecule has 1 aromatic carbocycles. The largest absolute Gasteiger partial charge is 0.540 e. The lowest BCUT2D eigenvalue weighted by Crippen LogP contribution is -2.16. The molecule has 0 aliphatic rings. The lowest BCUT2D eigenvalue weighted by Gasteiger charge is -2.02. The Morgan fingerprint density at radius 3 is 2.63 bits per heavy atom. The van der Waals surface area contributed by atoms with Crippen LogP contribution in [0, 0.1) is 0 Å². The number of hydrogen-bond acceptors (Lipinski definition) is 5. The van der Waals surface area contributed by atoms with Crippen molar-refractivity contribution in [2.45, 2.75) is 0 Å². The van der Waals surface area contributed by atoms with Gasteiger partial charge >= 0.3 is 6.16 Å². The van der Waals surface area contributed by atoms with E-state index in [4.69, 9.17) is 10.5 Å². The number of carbonyl (C=O) groups excluding carboxylic acids is 1. The second-order valence-corrected chi connectivity index (χ2v) is 3.47. The Balaban J connectivity index is 1.93. The van der Waals surface area contributed by atoms with Crippen LogP contribution >= 0.6 is 0 Å². The van der Waals surface area contributed by atoms with Gasteiger partial charge in [0.2, 0.25) is 0 Å². The van der Waals surface area contributed by atoms with Gasteiger partial charge in [0.15, 0.2) is 5.84 Å². The van der Waals surface area contributed by atoms with Gasteiger partial charge in [-0.3, -0.25) is 9.82 Å². The second-order valence-electron chi connectivity index (χ2n) is 3.47. The SMILES string of the molecule is N/C(=N/OC(=O)Oc1ccccc1)c1cccnc1. The molecule has 2 N–H and O–H groups in total. The Hall–Kier alpha value is -2.89. The van der Waals surface area contributed by atoms with Gasteiger partial charge in [0.05, 0.1) is 0 Å². The van der Waals surface area contributed by atoms with Crippen LogP contribution in [-0.4, -0.2) is 17.0 Å². The van der Waals surface area contributed by atoms with Crippen LogP contribution in [0.15, 0.2) is 60.0 Å². The van der Waals surface area contributed by atoms with Gasteiger partial charge in [-0.05, 0) is 24.3 Å². The Morgan fingerprint density at radius 1 is 1.16 bits per heavy atom. The Bertz CT molecular complexity index is 570. The van der Waals surface area contributed by atoms with Gasteiger partial charge in [0, 0.05) is 18.0 Å². The van der Waals surface area contributed by atoms with E-state index in [9.17, 15) is 4.79 Å². The third kappa shape index (κ3) is 3.81. The molecule has 0 saturated carbocycles. The van der Waals surface area contributed by atoms with Gasteiger partial charge < -0.3 is 10.5 Å². The maximum Gasteiger partial charge on any atom is 0.540 e. The van der Waals surface area contributed by atoms with E-state index in [1.165, 1.54) is 6.20 Å². The van der Waals surface area contributed by atoms with E-state index in [0.717, 1.165) is 0 Å². The lowest BCUT2D eigenvalue weighted by molar-refractivity contribution is 0.102. The Labute approximate surface area is 109 Å². The molecule has 19 heavy (non-hydrogen) atoms. The molecule has 0 unspecified atom stereocenters. The van der Waals surface area contributed by atoms with E-state index in [-0.39, 0.29) is 5.84 Å². The topological polar surface area (TPSA) is 86.8 Å². The first kappa shape index (κ1) is 12.6. The summed E-state index contributed by atoms with van der Waals surface area (Å²) >= 11 is 0. The van der Waals surface area contributed by atoms with Gasteiger partial charge in [0.25, 0.3) is 0 Å². The molecule has 0 fully saturated rings. The van der Waals surface area contributed by atoms with Crippen molar-refractivity contribution < 1.29 is 14.4 Å². The third-order valence-electron chi connectivity index (χ3n) is 2.12. The van der Waals surface area contributed by atoms with Crippen molar-refractivity contribution in [2.24, 2.45) is 10.9 Å². The van der Waals surface area contributed by atoms with Crippen molar-refractivity contribution >= 4 is 12.0 Å². The van der Waals surface area contributed by atoms with Crippen molar-refractivity contribution in [3.05, 3.63) is 60.4 Å². The minimum Gasteiger partial charge on any atom is -0.393 e. The smallest absolute Gasteiger partial charge is 0.393 e. The summed E-state index contributed by atoms with van der Waals surface area (Å²) in [4.78, 5) is 19.7. The van der Waals surface area contributed by atoms with Crippen molar-refractivity contribution in [1.82, 2.24) is 4.98 Å².